The molecule has 0 aliphatic heterocycles. The third-order valence-electron chi connectivity index (χ3n) is 3.18. The zero-order valence-corrected chi connectivity index (χ0v) is 15.5. The fraction of sp³-hybridized carbons (Fsp3) is 0.118. The van der Waals surface area contributed by atoms with Gasteiger partial charge in [0.1, 0.15) is 12.4 Å². The molecule has 148 valence electrons. The Morgan fingerprint density at radius 1 is 1.29 bits per heavy atom. The van der Waals surface area contributed by atoms with Gasteiger partial charge < -0.3 is 20.0 Å². The first kappa shape index (κ1) is 21.5. The predicted molar refractivity (Wildman–Crippen MR) is 100 cm³/mol. The number of benzene rings is 2. The summed E-state index contributed by atoms with van der Waals surface area (Å²) < 4.78 is 43.4. The van der Waals surface area contributed by atoms with Crippen LogP contribution >= 0.6 is 23.8 Å². The van der Waals surface area contributed by atoms with E-state index in [0.717, 1.165) is 18.2 Å². The predicted octanol–water partition coefficient (Wildman–Crippen LogP) is 2.81. The number of carboxylic acid groups (broad SMARTS) is 1. The van der Waals surface area contributed by atoms with Gasteiger partial charge in [0.15, 0.2) is 5.11 Å². The number of hydrogen-bond donors (Lipinski definition) is 2. The van der Waals surface area contributed by atoms with E-state index in [1.165, 1.54) is 12.3 Å². The van der Waals surface area contributed by atoms with Crippen LogP contribution in [0, 0.1) is 0 Å². The van der Waals surface area contributed by atoms with E-state index in [1.54, 1.807) is 18.2 Å². The van der Waals surface area contributed by atoms with Crippen molar-refractivity contribution in [3.63, 3.8) is 0 Å². The van der Waals surface area contributed by atoms with Crippen molar-refractivity contribution in [3.8, 4) is 5.75 Å². The van der Waals surface area contributed by atoms with E-state index in [2.05, 4.69) is 15.8 Å². The van der Waals surface area contributed by atoms with Gasteiger partial charge >= 0.3 is 6.18 Å². The van der Waals surface area contributed by atoms with Crippen molar-refractivity contribution in [2.75, 3.05) is 11.9 Å². The van der Waals surface area contributed by atoms with Crippen molar-refractivity contribution < 1.29 is 27.8 Å². The van der Waals surface area contributed by atoms with Crippen LogP contribution in [0.2, 0.25) is 5.02 Å². The topological polar surface area (TPSA) is 85.8 Å². The lowest BCUT2D eigenvalue weighted by Gasteiger charge is -2.12. The Labute approximate surface area is 168 Å². The van der Waals surface area contributed by atoms with Crippen molar-refractivity contribution in [3.05, 3.63) is 58.6 Å². The van der Waals surface area contributed by atoms with Crippen molar-refractivity contribution in [1.29, 1.82) is 0 Å². The molecule has 0 atom stereocenters. The summed E-state index contributed by atoms with van der Waals surface area (Å²) >= 11 is 10.8. The minimum absolute atomic E-state index is 0.0399. The molecule has 2 N–H and O–H groups in total. The lowest BCUT2D eigenvalue weighted by Crippen LogP contribution is -2.29. The molecular weight excluding hydrogens is 419 g/mol. The summed E-state index contributed by atoms with van der Waals surface area (Å²) in [4.78, 5) is 10.5. The average Bonchev–Trinajstić information content (AvgIpc) is 2.61. The average molecular weight is 431 g/mol. The van der Waals surface area contributed by atoms with Crippen molar-refractivity contribution in [1.82, 2.24) is 5.43 Å². The molecule has 11 heteroatoms. The summed E-state index contributed by atoms with van der Waals surface area (Å²) in [7, 11) is 0. The third-order valence-corrected chi connectivity index (χ3v) is 3.70. The van der Waals surface area contributed by atoms with Gasteiger partial charge in [-0.1, -0.05) is 23.7 Å². The molecule has 6 nitrogen and oxygen atoms in total. The van der Waals surface area contributed by atoms with Crippen LogP contribution in [0.25, 0.3) is 0 Å². The summed E-state index contributed by atoms with van der Waals surface area (Å²) in [5.41, 5.74) is 1.94. The van der Waals surface area contributed by atoms with Crippen LogP contribution in [0.1, 0.15) is 11.1 Å². The molecule has 2 aromatic carbocycles. The zero-order valence-electron chi connectivity index (χ0n) is 13.9. The number of rotatable bonds is 6. The highest BCUT2D eigenvalue weighted by Gasteiger charge is 2.31. The Bertz CT molecular complexity index is 907. The number of halogens is 4. The molecule has 0 radical (unpaired) electrons. The number of ether oxygens (including phenoxy) is 1. The standard InChI is InChI=1S/C17H13ClF3N3O3S/c18-12-6-5-11(17(19,20)21)7-13(12)23-16(28)24-22-8-10-3-1-2-4-14(10)27-9-15(25)26/h1-8H,9H2,(H,25,26)(H2,23,24,28)/p-1/b22-8-. The number of nitrogens with zero attached hydrogens (tertiary/aromatic N) is 1. The molecule has 28 heavy (non-hydrogen) atoms. The van der Waals surface area contributed by atoms with Crippen LogP contribution in [0.5, 0.6) is 5.75 Å². The minimum atomic E-state index is -4.52. The van der Waals surface area contributed by atoms with E-state index in [9.17, 15) is 23.1 Å². The lowest BCUT2D eigenvalue weighted by atomic mass is 10.2. The molecule has 0 amide bonds. The smallest absolute Gasteiger partial charge is 0.416 e. The van der Waals surface area contributed by atoms with E-state index in [-0.39, 0.29) is 21.6 Å². The number of hydrogen-bond acceptors (Lipinski definition) is 5. The van der Waals surface area contributed by atoms with Gasteiger partial charge in [0.2, 0.25) is 0 Å². The van der Waals surface area contributed by atoms with Gasteiger partial charge in [-0.15, -0.1) is 0 Å². The maximum Gasteiger partial charge on any atom is 0.416 e. The first-order valence-corrected chi connectivity index (χ1v) is 8.34. The van der Waals surface area contributed by atoms with Crippen molar-refractivity contribution >= 4 is 46.8 Å². The molecule has 0 saturated carbocycles. The quantitative estimate of drug-likeness (QED) is 0.416. The minimum Gasteiger partial charge on any atom is -0.546 e. The summed E-state index contributed by atoms with van der Waals surface area (Å²) in [6.45, 7) is -0.633. The van der Waals surface area contributed by atoms with Crippen molar-refractivity contribution in [2.45, 2.75) is 6.18 Å². The van der Waals surface area contributed by atoms with Gasteiger partial charge in [-0.3, -0.25) is 5.43 Å². The lowest BCUT2D eigenvalue weighted by molar-refractivity contribution is -0.307. The number of aliphatic carboxylic acids is 1. The van der Waals surface area contributed by atoms with E-state index >= 15 is 0 Å². The van der Waals surface area contributed by atoms with Gasteiger partial charge in [0.25, 0.3) is 0 Å². The highest BCUT2D eigenvalue weighted by molar-refractivity contribution is 7.80. The summed E-state index contributed by atoms with van der Waals surface area (Å²) in [6.07, 6.45) is -3.23. The number of carbonyl (C=O) groups excluding carboxylic acids is 1. The molecule has 0 saturated heterocycles. The second-order valence-electron chi connectivity index (χ2n) is 5.22. The number of carboxylic acids is 1. The van der Waals surface area contributed by atoms with E-state index < -0.39 is 24.3 Å². The maximum absolute atomic E-state index is 12.8. The molecule has 2 rings (SSSR count). The SMILES string of the molecule is O=C([O-])COc1ccccc1/C=N\NC(=S)Nc1cc(C(F)(F)F)ccc1Cl. The molecule has 0 aliphatic carbocycles. The summed E-state index contributed by atoms with van der Waals surface area (Å²) in [6, 6.07) is 9.22. The number of carbonyl (C=O) groups is 1. The van der Waals surface area contributed by atoms with Crippen LogP contribution in [-0.2, 0) is 11.0 Å². The molecule has 0 heterocycles. The van der Waals surface area contributed by atoms with Gasteiger partial charge in [-0.2, -0.15) is 18.3 Å². The number of nitrogens with one attached hydrogen (secondary N) is 2. The number of alkyl halides is 3. The Morgan fingerprint density at radius 3 is 2.68 bits per heavy atom. The molecular formula is C17H12ClF3N3O3S-. The monoisotopic (exact) mass is 430 g/mol. The largest absolute Gasteiger partial charge is 0.546 e. The first-order chi connectivity index (χ1) is 13.2. The molecule has 0 unspecified atom stereocenters. The fourth-order valence-corrected chi connectivity index (χ4v) is 2.29. The number of thiocarbonyl (C=S) groups is 1. The highest BCUT2D eigenvalue weighted by atomic mass is 35.5. The van der Waals surface area contributed by atoms with Crippen LogP contribution in [0.4, 0.5) is 18.9 Å². The zero-order chi connectivity index (χ0) is 20.7. The highest BCUT2D eigenvalue weighted by Crippen LogP contribution is 2.33. The Hall–Kier alpha value is -2.85. The molecule has 0 spiro atoms. The van der Waals surface area contributed by atoms with Crippen LogP contribution in [-0.4, -0.2) is 23.9 Å². The molecule has 0 fully saturated rings. The van der Waals surface area contributed by atoms with Crippen LogP contribution < -0.4 is 20.6 Å². The van der Waals surface area contributed by atoms with E-state index in [0.29, 0.717) is 5.56 Å². The summed E-state index contributed by atoms with van der Waals surface area (Å²) in [5.74, 6) is -1.13. The van der Waals surface area contributed by atoms with E-state index in [1.807, 2.05) is 0 Å². The van der Waals surface area contributed by atoms with Crippen LogP contribution in [0.15, 0.2) is 47.6 Å². The Kier molecular flexibility index (Phi) is 7.18. The fourth-order valence-electron chi connectivity index (χ4n) is 1.96. The second kappa shape index (κ2) is 9.38. The van der Waals surface area contributed by atoms with Crippen LogP contribution in [0.3, 0.4) is 0 Å². The number of para-hydroxylation sites is 1. The Balaban J connectivity index is 2.03. The van der Waals surface area contributed by atoms with Crippen molar-refractivity contribution in [2.24, 2.45) is 5.10 Å². The Morgan fingerprint density at radius 2 is 2.00 bits per heavy atom. The molecule has 2 aromatic rings. The number of hydrazone groups is 1. The molecule has 0 aromatic heterocycles. The van der Waals surface area contributed by atoms with Gasteiger partial charge in [-0.05, 0) is 42.5 Å². The normalized spacial score (nSPS) is 11.3. The molecule has 0 bridgehead atoms. The van der Waals surface area contributed by atoms with Gasteiger partial charge in [0, 0.05) is 5.56 Å². The molecule has 0 aliphatic rings. The number of anilines is 1. The third kappa shape index (κ3) is 6.39. The maximum atomic E-state index is 12.8. The summed E-state index contributed by atoms with van der Waals surface area (Å²) in [5, 5.41) is 16.8. The van der Waals surface area contributed by atoms with Gasteiger partial charge in [0.05, 0.1) is 28.5 Å². The van der Waals surface area contributed by atoms with E-state index in [4.69, 9.17) is 28.6 Å². The van der Waals surface area contributed by atoms with Gasteiger partial charge in [-0.25, -0.2) is 0 Å². The second-order valence-corrected chi connectivity index (χ2v) is 6.03. The first-order valence-electron chi connectivity index (χ1n) is 7.55.